The van der Waals surface area contributed by atoms with Crippen LogP contribution in [0.5, 0.6) is 0 Å². The van der Waals surface area contributed by atoms with Crippen LogP contribution in [0.25, 0.3) is 22.2 Å². The fraction of sp³-hybridized carbons (Fsp3) is 0.391. The number of halogens is 4. The van der Waals surface area contributed by atoms with E-state index in [1.165, 1.54) is 4.57 Å². The highest BCUT2D eigenvalue weighted by molar-refractivity contribution is 5.96. The first-order chi connectivity index (χ1) is 14.7. The summed E-state index contributed by atoms with van der Waals surface area (Å²) in [5, 5.41) is 3.90. The van der Waals surface area contributed by atoms with Crippen LogP contribution in [0.1, 0.15) is 12.0 Å². The number of nitrogens with two attached hydrogens (primary N) is 1. The molecule has 3 aromatic rings. The van der Waals surface area contributed by atoms with Gasteiger partial charge in [-0.05, 0) is 42.8 Å². The second-order valence-corrected chi connectivity index (χ2v) is 8.19. The average Bonchev–Trinajstić information content (AvgIpc) is 3.08. The van der Waals surface area contributed by atoms with Crippen LogP contribution in [0, 0.1) is 0 Å². The third kappa shape index (κ3) is 4.70. The molecule has 0 amide bonds. The molecule has 1 fully saturated rings. The van der Waals surface area contributed by atoms with Crippen LogP contribution in [0.15, 0.2) is 48.5 Å². The first-order valence-corrected chi connectivity index (χ1v) is 10.3. The van der Waals surface area contributed by atoms with Crippen molar-refractivity contribution in [3.8, 4) is 11.3 Å². The maximum atomic E-state index is 14.6. The lowest BCUT2D eigenvalue weighted by Gasteiger charge is -2.33. The molecule has 0 radical (unpaired) electrons. The zero-order valence-corrected chi connectivity index (χ0v) is 17.3. The Morgan fingerprint density at radius 2 is 1.87 bits per heavy atom. The van der Waals surface area contributed by atoms with E-state index >= 15 is 0 Å². The number of nitrogens with zero attached hydrogens (tertiary/aromatic N) is 2. The molecule has 2 aromatic carbocycles. The van der Waals surface area contributed by atoms with Gasteiger partial charge < -0.3 is 20.5 Å². The van der Waals surface area contributed by atoms with Crippen LogP contribution in [0.2, 0.25) is 0 Å². The molecule has 0 saturated carbocycles. The summed E-state index contributed by atoms with van der Waals surface area (Å²) in [6.45, 7) is 0.359. The number of alkyl halides is 4. The molecule has 1 saturated heterocycles. The molecule has 0 spiro atoms. The summed E-state index contributed by atoms with van der Waals surface area (Å²) in [6.07, 6.45) is -4.79. The van der Waals surface area contributed by atoms with Crippen molar-refractivity contribution < 1.29 is 17.6 Å². The Kier molecular flexibility index (Phi) is 5.94. The molecule has 2 heterocycles. The van der Waals surface area contributed by atoms with Gasteiger partial charge in [-0.25, -0.2) is 4.39 Å². The summed E-state index contributed by atoms with van der Waals surface area (Å²) in [4.78, 5) is 1.94. The second kappa shape index (κ2) is 8.51. The normalized spacial score (nSPS) is 20.3. The van der Waals surface area contributed by atoms with Crippen LogP contribution in [-0.2, 0) is 13.1 Å². The Morgan fingerprint density at radius 1 is 1.13 bits per heavy atom. The van der Waals surface area contributed by atoms with Crippen LogP contribution in [0.4, 0.5) is 23.2 Å². The number of piperidine rings is 1. The molecular weight excluding hydrogens is 408 g/mol. The maximum Gasteiger partial charge on any atom is 0.406 e. The van der Waals surface area contributed by atoms with Crippen molar-refractivity contribution in [1.82, 2.24) is 9.47 Å². The Bertz CT molecular complexity index is 1040. The van der Waals surface area contributed by atoms with Crippen molar-refractivity contribution >= 4 is 16.6 Å². The zero-order valence-electron chi connectivity index (χ0n) is 17.3. The maximum absolute atomic E-state index is 14.6. The van der Waals surface area contributed by atoms with Crippen molar-refractivity contribution in [2.45, 2.75) is 37.9 Å². The van der Waals surface area contributed by atoms with Gasteiger partial charge in [-0.2, -0.15) is 13.2 Å². The highest BCUT2D eigenvalue weighted by atomic mass is 19.4. The molecule has 8 heteroatoms. The highest BCUT2D eigenvalue weighted by Crippen LogP contribution is 2.36. The van der Waals surface area contributed by atoms with Gasteiger partial charge in [0.15, 0.2) is 0 Å². The van der Waals surface area contributed by atoms with Crippen molar-refractivity contribution in [3.05, 3.63) is 54.1 Å². The van der Waals surface area contributed by atoms with Gasteiger partial charge in [0.05, 0.1) is 11.6 Å². The molecule has 4 rings (SSSR count). The Balaban J connectivity index is 1.77. The van der Waals surface area contributed by atoms with Crippen LogP contribution in [-0.4, -0.2) is 48.0 Å². The number of anilines is 1. The second-order valence-electron chi connectivity index (χ2n) is 8.19. The Labute approximate surface area is 178 Å². The SMILES string of the molecule is CN1CC[C@H](Nc2cccc3c2cc(-c2ccc(CN)cc2)n3CC(F)(F)F)[C@H](F)C1. The first-order valence-electron chi connectivity index (χ1n) is 10.3. The minimum absolute atomic E-state index is 0.335. The minimum Gasteiger partial charge on any atom is -0.379 e. The summed E-state index contributed by atoms with van der Waals surface area (Å²) in [5.41, 5.74) is 8.80. The predicted octanol–water partition coefficient (Wildman–Crippen LogP) is 4.78. The third-order valence-corrected chi connectivity index (χ3v) is 5.85. The number of likely N-dealkylation sites (tertiary alicyclic amines) is 1. The molecule has 2 atom stereocenters. The Hall–Kier alpha value is -2.58. The average molecular weight is 434 g/mol. The first kappa shape index (κ1) is 21.6. The number of rotatable bonds is 5. The standard InChI is InChI=1S/C23H26F4N4/c1-30-10-9-20(18(24)13-30)29-19-3-2-4-21-17(19)11-22(31(21)14-23(25,26)27)16-7-5-15(12-28)6-8-16/h2-8,11,18,20,29H,9-10,12-14,28H2,1H3/t18-,20+/m1/s1. The number of fused-ring (bicyclic) bond motifs is 1. The van der Waals surface area contributed by atoms with Crippen LogP contribution in [0.3, 0.4) is 0 Å². The van der Waals surface area contributed by atoms with E-state index in [0.717, 1.165) is 12.1 Å². The molecule has 3 N–H and O–H groups in total. The summed E-state index contributed by atoms with van der Waals surface area (Å²) in [5.74, 6) is 0. The van der Waals surface area contributed by atoms with Gasteiger partial charge in [0, 0.05) is 36.4 Å². The lowest BCUT2D eigenvalue weighted by molar-refractivity contribution is -0.139. The van der Waals surface area contributed by atoms with E-state index in [0.29, 0.717) is 47.4 Å². The number of hydrogen-bond donors (Lipinski definition) is 2. The highest BCUT2D eigenvalue weighted by Gasteiger charge is 2.31. The van der Waals surface area contributed by atoms with Gasteiger partial charge in [-0.1, -0.05) is 30.3 Å². The summed E-state index contributed by atoms with van der Waals surface area (Å²) in [6, 6.07) is 13.8. The smallest absolute Gasteiger partial charge is 0.379 e. The van der Waals surface area contributed by atoms with E-state index in [9.17, 15) is 17.6 Å². The van der Waals surface area contributed by atoms with Crippen molar-refractivity contribution in [1.29, 1.82) is 0 Å². The van der Waals surface area contributed by atoms with E-state index < -0.39 is 18.9 Å². The van der Waals surface area contributed by atoms with Gasteiger partial charge in [0.1, 0.15) is 12.7 Å². The summed E-state index contributed by atoms with van der Waals surface area (Å²) in [7, 11) is 1.88. The van der Waals surface area contributed by atoms with Crippen molar-refractivity contribution in [2.24, 2.45) is 5.73 Å². The quantitative estimate of drug-likeness (QED) is 0.568. The number of aromatic nitrogens is 1. The van der Waals surface area contributed by atoms with E-state index in [2.05, 4.69) is 5.32 Å². The zero-order chi connectivity index (χ0) is 22.2. The lowest BCUT2D eigenvalue weighted by atomic mass is 10.0. The minimum atomic E-state index is -4.38. The molecule has 1 aromatic heterocycles. The van der Waals surface area contributed by atoms with Gasteiger partial charge in [-0.15, -0.1) is 0 Å². The van der Waals surface area contributed by atoms with Gasteiger partial charge in [0.25, 0.3) is 0 Å². The summed E-state index contributed by atoms with van der Waals surface area (Å²) < 4.78 is 56.1. The predicted molar refractivity (Wildman–Crippen MR) is 116 cm³/mol. The van der Waals surface area contributed by atoms with Crippen molar-refractivity contribution in [3.63, 3.8) is 0 Å². The number of benzene rings is 2. The molecule has 1 aliphatic heterocycles. The van der Waals surface area contributed by atoms with Gasteiger partial charge >= 0.3 is 6.18 Å². The topological polar surface area (TPSA) is 46.2 Å². The molecule has 0 unspecified atom stereocenters. The molecule has 0 aliphatic carbocycles. The largest absolute Gasteiger partial charge is 0.406 e. The molecule has 0 bridgehead atoms. The fourth-order valence-corrected chi connectivity index (χ4v) is 4.23. The third-order valence-electron chi connectivity index (χ3n) is 5.85. The van der Waals surface area contributed by atoms with E-state index in [4.69, 9.17) is 5.73 Å². The van der Waals surface area contributed by atoms with E-state index in [1.807, 2.05) is 24.1 Å². The van der Waals surface area contributed by atoms with Gasteiger partial charge in [0.2, 0.25) is 0 Å². The monoisotopic (exact) mass is 434 g/mol. The Morgan fingerprint density at radius 3 is 2.52 bits per heavy atom. The molecular formula is C23H26F4N4. The summed E-state index contributed by atoms with van der Waals surface area (Å²) >= 11 is 0. The fourth-order valence-electron chi connectivity index (χ4n) is 4.23. The molecule has 31 heavy (non-hydrogen) atoms. The van der Waals surface area contributed by atoms with E-state index in [1.54, 1.807) is 36.4 Å². The van der Waals surface area contributed by atoms with Crippen LogP contribution >= 0.6 is 0 Å². The molecule has 166 valence electrons. The molecule has 1 aliphatic rings. The molecule has 4 nitrogen and oxygen atoms in total. The van der Waals surface area contributed by atoms with Crippen LogP contribution < -0.4 is 11.1 Å². The van der Waals surface area contributed by atoms with Crippen molar-refractivity contribution in [2.75, 3.05) is 25.5 Å². The number of nitrogens with one attached hydrogen (secondary N) is 1. The number of hydrogen-bond acceptors (Lipinski definition) is 3. The van der Waals surface area contributed by atoms with Gasteiger partial charge in [-0.3, -0.25) is 0 Å². The van der Waals surface area contributed by atoms with E-state index in [-0.39, 0.29) is 6.04 Å². The lowest BCUT2D eigenvalue weighted by Crippen LogP contribution is -2.46.